The smallest absolute Gasteiger partial charge is 0.0928 e. The number of nitrogens with one attached hydrogen (secondary N) is 1. The van der Waals surface area contributed by atoms with Gasteiger partial charge in [-0.25, -0.2) is 0 Å². The summed E-state index contributed by atoms with van der Waals surface area (Å²) in [6, 6.07) is 1.83. The average molecular weight is 298 g/mol. The van der Waals surface area contributed by atoms with E-state index >= 15 is 0 Å². The molecule has 0 unspecified atom stereocenters. The Bertz CT molecular complexity index is 651. The molecular weight excluding hydrogens is 281 g/mol. The largest absolute Gasteiger partial charge is 0.323 e. The molecule has 0 bridgehead atoms. The minimum absolute atomic E-state index is 0.290. The number of hydrazine groups is 1. The maximum absolute atomic E-state index is 6.42. The fraction of sp³-hybridized carbons (Fsp3) is 0.357. The molecule has 3 nitrogen and oxygen atoms in total. The van der Waals surface area contributed by atoms with Crippen LogP contribution >= 0.6 is 23.2 Å². The van der Waals surface area contributed by atoms with E-state index in [-0.39, 0.29) is 0 Å². The van der Waals surface area contributed by atoms with Crippen LogP contribution in [-0.2, 0) is 0 Å². The monoisotopic (exact) mass is 297 g/mol. The van der Waals surface area contributed by atoms with Crippen LogP contribution in [0.4, 0.5) is 5.69 Å². The highest BCUT2D eigenvalue weighted by Gasteiger charge is 2.19. The van der Waals surface area contributed by atoms with E-state index in [1.807, 2.05) is 19.9 Å². The highest BCUT2D eigenvalue weighted by atomic mass is 35.5. The van der Waals surface area contributed by atoms with E-state index in [0.29, 0.717) is 21.5 Å². The second-order valence-corrected chi connectivity index (χ2v) is 5.78. The number of nitrogens with two attached hydrogens (primary N) is 1. The summed E-state index contributed by atoms with van der Waals surface area (Å²) in [5, 5.41) is 2.03. The van der Waals surface area contributed by atoms with E-state index in [2.05, 4.69) is 24.3 Å². The number of hydrogen-bond acceptors (Lipinski definition) is 3. The SMILES string of the molecule is Cc1cc(Cl)c2nc(C)c(C(C)C)c(NN)c2c1Cl. The molecule has 102 valence electrons. The summed E-state index contributed by atoms with van der Waals surface area (Å²) in [6.07, 6.45) is 0. The molecule has 0 aliphatic rings. The van der Waals surface area contributed by atoms with Gasteiger partial charge < -0.3 is 5.43 Å². The van der Waals surface area contributed by atoms with Crippen LogP contribution < -0.4 is 11.3 Å². The molecular formula is C14H17Cl2N3. The van der Waals surface area contributed by atoms with Crippen molar-refractivity contribution in [3.8, 4) is 0 Å². The summed E-state index contributed by atoms with van der Waals surface area (Å²) in [5.41, 5.74) is 7.17. The van der Waals surface area contributed by atoms with E-state index in [1.165, 1.54) is 0 Å². The third-order valence-electron chi connectivity index (χ3n) is 3.28. The van der Waals surface area contributed by atoms with Gasteiger partial charge in [0.05, 0.1) is 21.2 Å². The van der Waals surface area contributed by atoms with Gasteiger partial charge in [0.1, 0.15) is 0 Å². The van der Waals surface area contributed by atoms with Gasteiger partial charge in [0.15, 0.2) is 0 Å². The number of nitrogen functional groups attached to an aromatic ring is 1. The quantitative estimate of drug-likeness (QED) is 0.631. The number of hydrogen-bond donors (Lipinski definition) is 2. The van der Waals surface area contributed by atoms with Crippen LogP contribution in [0.5, 0.6) is 0 Å². The zero-order valence-corrected chi connectivity index (χ0v) is 12.9. The Labute approximate surface area is 123 Å². The second-order valence-electron chi connectivity index (χ2n) is 5.00. The molecule has 0 aliphatic heterocycles. The number of aryl methyl sites for hydroxylation is 2. The number of fused-ring (bicyclic) bond motifs is 1. The van der Waals surface area contributed by atoms with Crippen molar-refractivity contribution in [3.05, 3.63) is 32.9 Å². The molecule has 0 saturated carbocycles. The van der Waals surface area contributed by atoms with Gasteiger partial charge in [-0.1, -0.05) is 37.0 Å². The molecule has 19 heavy (non-hydrogen) atoms. The lowest BCUT2D eigenvalue weighted by molar-refractivity contribution is 0.848. The number of pyridine rings is 1. The van der Waals surface area contributed by atoms with Crippen molar-refractivity contribution in [2.45, 2.75) is 33.6 Å². The van der Waals surface area contributed by atoms with Gasteiger partial charge in [-0.05, 0) is 31.4 Å². The number of benzene rings is 1. The van der Waals surface area contributed by atoms with Crippen LogP contribution in [0.25, 0.3) is 10.9 Å². The molecule has 5 heteroatoms. The number of anilines is 1. The fourth-order valence-electron chi connectivity index (χ4n) is 2.48. The lowest BCUT2D eigenvalue weighted by atomic mass is 9.96. The molecule has 0 atom stereocenters. The lowest BCUT2D eigenvalue weighted by Crippen LogP contribution is -2.13. The van der Waals surface area contributed by atoms with E-state index in [9.17, 15) is 0 Å². The summed E-state index contributed by atoms with van der Waals surface area (Å²) in [4.78, 5) is 4.60. The van der Waals surface area contributed by atoms with E-state index in [0.717, 1.165) is 27.9 Å². The lowest BCUT2D eigenvalue weighted by Gasteiger charge is -2.19. The molecule has 2 aromatic rings. The number of halogens is 2. The summed E-state index contributed by atoms with van der Waals surface area (Å²) >= 11 is 12.7. The molecule has 0 fully saturated rings. The Kier molecular flexibility index (Phi) is 3.90. The topological polar surface area (TPSA) is 50.9 Å². The fourth-order valence-corrected chi connectivity index (χ4v) is 3.02. The molecule has 0 radical (unpaired) electrons. The zero-order chi connectivity index (χ0) is 14.3. The Balaban J connectivity index is 3.04. The molecule has 1 heterocycles. The number of nitrogens with zero attached hydrogens (tertiary/aromatic N) is 1. The minimum atomic E-state index is 0.290. The summed E-state index contributed by atoms with van der Waals surface area (Å²) in [5.74, 6) is 6.00. The first-order chi connectivity index (χ1) is 8.88. The number of rotatable bonds is 2. The maximum atomic E-state index is 6.42. The Morgan fingerprint density at radius 1 is 1.26 bits per heavy atom. The highest BCUT2D eigenvalue weighted by Crippen LogP contribution is 2.40. The van der Waals surface area contributed by atoms with Crippen molar-refractivity contribution in [1.29, 1.82) is 0 Å². The van der Waals surface area contributed by atoms with Gasteiger partial charge >= 0.3 is 0 Å². The zero-order valence-electron chi connectivity index (χ0n) is 11.4. The number of aromatic nitrogens is 1. The first kappa shape index (κ1) is 14.4. The predicted octanol–water partition coefficient (Wildman–Crippen LogP) is 4.57. The van der Waals surface area contributed by atoms with Gasteiger partial charge in [-0.3, -0.25) is 10.8 Å². The maximum Gasteiger partial charge on any atom is 0.0928 e. The Morgan fingerprint density at radius 2 is 1.89 bits per heavy atom. The van der Waals surface area contributed by atoms with Gasteiger partial charge in [-0.15, -0.1) is 0 Å². The normalized spacial score (nSPS) is 11.4. The Hall–Kier alpha value is -1.03. The van der Waals surface area contributed by atoms with E-state index in [4.69, 9.17) is 29.0 Å². The molecule has 2 rings (SSSR count). The van der Waals surface area contributed by atoms with Gasteiger partial charge in [-0.2, -0.15) is 0 Å². The molecule has 1 aromatic heterocycles. The summed E-state index contributed by atoms with van der Waals surface area (Å²) < 4.78 is 0. The van der Waals surface area contributed by atoms with Crippen molar-refractivity contribution in [3.63, 3.8) is 0 Å². The summed E-state index contributed by atoms with van der Waals surface area (Å²) in [7, 11) is 0. The van der Waals surface area contributed by atoms with Crippen molar-refractivity contribution in [1.82, 2.24) is 4.98 Å². The van der Waals surface area contributed by atoms with Crippen molar-refractivity contribution >= 4 is 39.8 Å². The standard InChI is InChI=1S/C14H17Cl2N3/c1-6(2)10-8(4)18-13-9(15)5-7(3)12(16)11(13)14(10)19-17/h5-6H,17H2,1-4H3,(H,18,19). The molecule has 0 spiro atoms. The second kappa shape index (κ2) is 5.16. The van der Waals surface area contributed by atoms with Crippen LogP contribution in [0, 0.1) is 13.8 Å². The average Bonchev–Trinajstić information content (AvgIpc) is 2.34. The van der Waals surface area contributed by atoms with Gasteiger partial charge in [0, 0.05) is 16.6 Å². The first-order valence-corrected chi connectivity index (χ1v) is 6.89. The first-order valence-electron chi connectivity index (χ1n) is 6.13. The van der Waals surface area contributed by atoms with Gasteiger partial charge in [0.25, 0.3) is 0 Å². The van der Waals surface area contributed by atoms with Crippen LogP contribution in [0.3, 0.4) is 0 Å². The predicted molar refractivity (Wildman–Crippen MR) is 83.1 cm³/mol. The van der Waals surface area contributed by atoms with Crippen molar-refractivity contribution in [2.24, 2.45) is 5.84 Å². The molecule has 0 aliphatic carbocycles. The van der Waals surface area contributed by atoms with Crippen LogP contribution in [-0.4, -0.2) is 4.98 Å². The molecule has 3 N–H and O–H groups in total. The molecule has 0 saturated heterocycles. The Morgan fingerprint density at radius 3 is 2.42 bits per heavy atom. The van der Waals surface area contributed by atoms with Gasteiger partial charge in [0.2, 0.25) is 0 Å². The minimum Gasteiger partial charge on any atom is -0.323 e. The van der Waals surface area contributed by atoms with Crippen LogP contribution in [0.2, 0.25) is 10.0 Å². The third kappa shape index (κ3) is 2.27. The third-order valence-corrected chi connectivity index (χ3v) is 4.06. The van der Waals surface area contributed by atoms with Crippen LogP contribution in [0.1, 0.15) is 36.6 Å². The van der Waals surface area contributed by atoms with E-state index < -0.39 is 0 Å². The van der Waals surface area contributed by atoms with E-state index in [1.54, 1.807) is 0 Å². The molecule has 0 amide bonds. The van der Waals surface area contributed by atoms with Crippen LogP contribution in [0.15, 0.2) is 6.07 Å². The highest BCUT2D eigenvalue weighted by molar-refractivity contribution is 6.41. The van der Waals surface area contributed by atoms with Crippen molar-refractivity contribution < 1.29 is 0 Å². The van der Waals surface area contributed by atoms with Crippen molar-refractivity contribution in [2.75, 3.05) is 5.43 Å². The summed E-state index contributed by atoms with van der Waals surface area (Å²) in [6.45, 7) is 8.08. The molecule has 1 aromatic carbocycles.